The first-order valence-electron chi connectivity index (χ1n) is 8.00. The molecule has 0 radical (unpaired) electrons. The quantitative estimate of drug-likeness (QED) is 0.855. The molecule has 6 nitrogen and oxygen atoms in total. The predicted molar refractivity (Wildman–Crippen MR) is 85.6 cm³/mol. The minimum atomic E-state index is -0.164. The van der Waals surface area contributed by atoms with Crippen LogP contribution in [0.1, 0.15) is 26.7 Å². The van der Waals surface area contributed by atoms with E-state index < -0.39 is 0 Å². The Kier molecular flexibility index (Phi) is 4.41. The summed E-state index contributed by atoms with van der Waals surface area (Å²) >= 11 is 0. The van der Waals surface area contributed by atoms with Crippen molar-refractivity contribution in [1.29, 1.82) is 0 Å². The van der Waals surface area contributed by atoms with Gasteiger partial charge in [-0.05, 0) is 30.9 Å². The van der Waals surface area contributed by atoms with Crippen molar-refractivity contribution in [2.75, 3.05) is 31.3 Å². The van der Waals surface area contributed by atoms with Crippen LogP contribution in [0, 0.1) is 5.92 Å². The fourth-order valence-electron chi connectivity index (χ4n) is 2.93. The Bertz CT molecular complexity index is 609. The molecule has 0 aliphatic carbocycles. The van der Waals surface area contributed by atoms with Gasteiger partial charge in [0.2, 0.25) is 18.6 Å². The van der Waals surface area contributed by atoms with E-state index in [0.29, 0.717) is 23.1 Å². The summed E-state index contributed by atoms with van der Waals surface area (Å²) < 4.78 is 10.6. The SMILES string of the molecule is CC(=O)N(CC(=O)N1CCC(C)CC1)c1ccc2c(c1)OCO2. The van der Waals surface area contributed by atoms with E-state index in [4.69, 9.17) is 9.47 Å². The second-order valence-electron chi connectivity index (χ2n) is 6.21. The minimum Gasteiger partial charge on any atom is -0.454 e. The third-order valence-corrected chi connectivity index (χ3v) is 4.48. The number of anilines is 1. The Morgan fingerprint density at radius 3 is 2.61 bits per heavy atom. The molecular formula is C17H22N2O4. The molecule has 0 N–H and O–H groups in total. The smallest absolute Gasteiger partial charge is 0.242 e. The molecule has 2 aliphatic heterocycles. The molecule has 124 valence electrons. The molecule has 0 unspecified atom stereocenters. The summed E-state index contributed by atoms with van der Waals surface area (Å²) in [5, 5.41) is 0. The van der Waals surface area contributed by atoms with Crippen molar-refractivity contribution in [1.82, 2.24) is 4.90 Å². The zero-order valence-electron chi connectivity index (χ0n) is 13.6. The van der Waals surface area contributed by atoms with Crippen molar-refractivity contribution in [2.45, 2.75) is 26.7 Å². The van der Waals surface area contributed by atoms with Gasteiger partial charge in [-0.25, -0.2) is 0 Å². The number of carbonyl (C=O) groups excluding carboxylic acids is 2. The van der Waals surface area contributed by atoms with Crippen LogP contribution in [-0.4, -0.2) is 43.1 Å². The molecule has 1 saturated heterocycles. The second-order valence-corrected chi connectivity index (χ2v) is 6.21. The topological polar surface area (TPSA) is 59.1 Å². The first-order valence-corrected chi connectivity index (χ1v) is 8.00. The van der Waals surface area contributed by atoms with Crippen LogP contribution >= 0.6 is 0 Å². The third-order valence-electron chi connectivity index (χ3n) is 4.48. The lowest BCUT2D eigenvalue weighted by atomic mass is 9.99. The maximum Gasteiger partial charge on any atom is 0.242 e. The molecule has 0 spiro atoms. The Morgan fingerprint density at radius 2 is 1.91 bits per heavy atom. The van der Waals surface area contributed by atoms with E-state index >= 15 is 0 Å². The van der Waals surface area contributed by atoms with Crippen molar-refractivity contribution in [3.05, 3.63) is 18.2 Å². The normalized spacial score (nSPS) is 17.2. The number of amides is 2. The van der Waals surface area contributed by atoms with Gasteiger partial charge in [0.1, 0.15) is 6.54 Å². The highest BCUT2D eigenvalue weighted by molar-refractivity contribution is 5.97. The van der Waals surface area contributed by atoms with Crippen LogP contribution in [0.25, 0.3) is 0 Å². The van der Waals surface area contributed by atoms with Crippen LogP contribution < -0.4 is 14.4 Å². The van der Waals surface area contributed by atoms with E-state index in [0.717, 1.165) is 25.9 Å². The maximum absolute atomic E-state index is 12.5. The monoisotopic (exact) mass is 318 g/mol. The summed E-state index contributed by atoms with van der Waals surface area (Å²) in [7, 11) is 0. The average Bonchev–Trinajstić information content (AvgIpc) is 3.00. The summed E-state index contributed by atoms with van der Waals surface area (Å²) in [6, 6.07) is 5.29. The van der Waals surface area contributed by atoms with Crippen molar-refractivity contribution in [2.24, 2.45) is 5.92 Å². The number of ether oxygens (including phenoxy) is 2. The Hall–Kier alpha value is -2.24. The molecule has 1 fully saturated rings. The molecule has 2 heterocycles. The summed E-state index contributed by atoms with van der Waals surface area (Å²) in [4.78, 5) is 27.8. The standard InChI is InChI=1S/C17H22N2O4/c1-12-5-7-18(8-6-12)17(21)10-19(13(2)20)14-3-4-15-16(9-14)23-11-22-15/h3-4,9,12H,5-8,10-11H2,1-2H3. The van der Waals surface area contributed by atoms with Gasteiger partial charge in [-0.15, -0.1) is 0 Å². The van der Waals surface area contributed by atoms with Crippen LogP contribution in [0.3, 0.4) is 0 Å². The Labute approximate surface area is 136 Å². The number of hydrogen-bond acceptors (Lipinski definition) is 4. The number of carbonyl (C=O) groups is 2. The fourth-order valence-corrected chi connectivity index (χ4v) is 2.93. The van der Waals surface area contributed by atoms with Crippen molar-refractivity contribution >= 4 is 17.5 Å². The van der Waals surface area contributed by atoms with Crippen molar-refractivity contribution < 1.29 is 19.1 Å². The number of nitrogens with zero attached hydrogens (tertiary/aromatic N) is 2. The summed E-state index contributed by atoms with van der Waals surface area (Å²) in [6.45, 7) is 5.46. The Morgan fingerprint density at radius 1 is 1.22 bits per heavy atom. The Balaban J connectivity index is 1.72. The van der Waals surface area contributed by atoms with Crippen LogP contribution in [0.5, 0.6) is 11.5 Å². The average molecular weight is 318 g/mol. The third kappa shape index (κ3) is 3.41. The number of fused-ring (bicyclic) bond motifs is 1. The van der Waals surface area contributed by atoms with E-state index in [1.807, 2.05) is 4.90 Å². The van der Waals surface area contributed by atoms with E-state index in [1.165, 1.54) is 11.8 Å². The number of likely N-dealkylation sites (tertiary alicyclic amines) is 1. The molecule has 2 aliphatic rings. The van der Waals surface area contributed by atoms with Gasteiger partial charge in [0, 0.05) is 31.8 Å². The van der Waals surface area contributed by atoms with Crippen LogP contribution in [0.2, 0.25) is 0 Å². The van der Waals surface area contributed by atoms with Gasteiger partial charge in [-0.2, -0.15) is 0 Å². The largest absolute Gasteiger partial charge is 0.454 e. The first kappa shape index (κ1) is 15.6. The summed E-state index contributed by atoms with van der Waals surface area (Å²) in [5.41, 5.74) is 0.653. The maximum atomic E-state index is 12.5. The highest BCUT2D eigenvalue weighted by atomic mass is 16.7. The van der Waals surface area contributed by atoms with Crippen LogP contribution in [0.15, 0.2) is 18.2 Å². The number of piperidine rings is 1. The lowest BCUT2D eigenvalue weighted by Crippen LogP contribution is -2.45. The zero-order chi connectivity index (χ0) is 16.4. The van der Waals surface area contributed by atoms with Gasteiger partial charge in [0.25, 0.3) is 0 Å². The van der Waals surface area contributed by atoms with E-state index in [2.05, 4.69) is 6.92 Å². The molecule has 1 aromatic rings. The highest BCUT2D eigenvalue weighted by Gasteiger charge is 2.25. The minimum absolute atomic E-state index is 0.00948. The fraction of sp³-hybridized carbons (Fsp3) is 0.529. The van der Waals surface area contributed by atoms with Gasteiger partial charge < -0.3 is 19.3 Å². The number of rotatable bonds is 3. The van der Waals surface area contributed by atoms with E-state index in [9.17, 15) is 9.59 Å². The molecule has 0 aromatic heterocycles. The molecule has 6 heteroatoms. The molecule has 0 saturated carbocycles. The lowest BCUT2D eigenvalue weighted by Gasteiger charge is -2.32. The predicted octanol–water partition coefficient (Wildman–Crippen LogP) is 2.03. The molecular weight excluding hydrogens is 296 g/mol. The molecule has 1 aromatic carbocycles. The number of hydrogen-bond donors (Lipinski definition) is 0. The van der Waals surface area contributed by atoms with Gasteiger partial charge in [0.15, 0.2) is 11.5 Å². The second kappa shape index (κ2) is 6.48. The van der Waals surface area contributed by atoms with Crippen LogP contribution in [0.4, 0.5) is 5.69 Å². The lowest BCUT2D eigenvalue weighted by molar-refractivity contribution is -0.132. The molecule has 0 bridgehead atoms. The van der Waals surface area contributed by atoms with Gasteiger partial charge in [-0.3, -0.25) is 9.59 Å². The van der Waals surface area contributed by atoms with Crippen molar-refractivity contribution in [3.8, 4) is 11.5 Å². The molecule has 0 atom stereocenters. The number of benzene rings is 1. The van der Waals surface area contributed by atoms with Gasteiger partial charge >= 0.3 is 0 Å². The zero-order valence-corrected chi connectivity index (χ0v) is 13.6. The molecule has 3 rings (SSSR count). The van der Waals surface area contributed by atoms with Gasteiger partial charge in [0.05, 0.1) is 0 Å². The highest BCUT2D eigenvalue weighted by Crippen LogP contribution is 2.35. The summed E-state index contributed by atoms with van der Waals surface area (Å²) in [6.07, 6.45) is 2.05. The summed E-state index contributed by atoms with van der Waals surface area (Å²) in [5.74, 6) is 1.76. The van der Waals surface area contributed by atoms with E-state index in [-0.39, 0.29) is 25.2 Å². The van der Waals surface area contributed by atoms with Crippen LogP contribution in [-0.2, 0) is 9.59 Å². The van der Waals surface area contributed by atoms with Crippen molar-refractivity contribution in [3.63, 3.8) is 0 Å². The van der Waals surface area contributed by atoms with E-state index in [1.54, 1.807) is 18.2 Å². The molecule has 23 heavy (non-hydrogen) atoms. The molecule has 2 amide bonds. The first-order chi connectivity index (χ1) is 11.0. The van der Waals surface area contributed by atoms with Gasteiger partial charge in [-0.1, -0.05) is 6.92 Å².